The highest BCUT2D eigenvalue weighted by Crippen LogP contribution is 2.31. The first-order valence-electron chi connectivity index (χ1n) is 6.06. The lowest BCUT2D eigenvalue weighted by Gasteiger charge is -2.38. The molecule has 20 heavy (non-hydrogen) atoms. The summed E-state index contributed by atoms with van der Waals surface area (Å²) in [4.78, 5) is 21.2. The summed E-state index contributed by atoms with van der Waals surface area (Å²) in [5.74, 6) is 0.576. The Bertz CT molecular complexity index is 689. The van der Waals surface area contributed by atoms with Crippen LogP contribution >= 0.6 is 27.5 Å². The van der Waals surface area contributed by atoms with Crippen LogP contribution in [0.1, 0.15) is 6.92 Å². The first-order chi connectivity index (χ1) is 9.54. The lowest BCUT2D eigenvalue weighted by atomic mass is 10.1. The third-order valence-corrected chi connectivity index (χ3v) is 4.06. The van der Waals surface area contributed by atoms with E-state index in [-0.39, 0.29) is 12.0 Å². The highest BCUT2D eigenvalue weighted by atomic mass is 79.9. The number of likely N-dealkylation sites (tertiary alicyclic amines) is 1. The summed E-state index contributed by atoms with van der Waals surface area (Å²) in [6.07, 6.45) is 3.30. The zero-order chi connectivity index (χ0) is 14.3. The van der Waals surface area contributed by atoms with Crippen molar-refractivity contribution < 1.29 is 9.53 Å². The SMILES string of the molecule is CC(=O)N1CC(Oc2ncc(Br)c3cc(Cl)ncc23)C1. The standard InChI is InChI=1S/C13H11BrClN3O2/c1-7(19)18-5-8(6-18)20-13-10-3-16-12(15)2-9(10)11(14)4-17-13/h2-4,8H,5-6H2,1H3. The first-order valence-corrected chi connectivity index (χ1v) is 7.23. The Kier molecular flexibility index (Phi) is 3.52. The number of halogens is 2. The van der Waals surface area contributed by atoms with Crippen molar-refractivity contribution in [2.24, 2.45) is 0 Å². The van der Waals surface area contributed by atoms with Crippen LogP contribution in [0.4, 0.5) is 0 Å². The van der Waals surface area contributed by atoms with Crippen molar-refractivity contribution in [3.8, 4) is 5.88 Å². The number of rotatable bonds is 2. The molecule has 3 heterocycles. The Morgan fingerprint density at radius 3 is 2.85 bits per heavy atom. The number of fused-ring (bicyclic) bond motifs is 1. The van der Waals surface area contributed by atoms with Crippen LogP contribution in [0.3, 0.4) is 0 Å². The van der Waals surface area contributed by atoms with Crippen LogP contribution in [0.15, 0.2) is 22.9 Å². The molecule has 5 nitrogen and oxygen atoms in total. The van der Waals surface area contributed by atoms with Gasteiger partial charge in [-0.1, -0.05) is 11.6 Å². The molecule has 0 spiro atoms. The van der Waals surface area contributed by atoms with E-state index in [1.165, 1.54) is 0 Å². The number of hydrogen-bond acceptors (Lipinski definition) is 4. The predicted octanol–water partition coefficient (Wildman–Crippen LogP) is 2.66. The average molecular weight is 357 g/mol. The van der Waals surface area contributed by atoms with Crippen LogP contribution < -0.4 is 4.74 Å². The number of aromatic nitrogens is 2. The van der Waals surface area contributed by atoms with Crippen LogP contribution in [0, 0.1) is 0 Å². The van der Waals surface area contributed by atoms with Crippen LogP contribution in [-0.4, -0.2) is 40.0 Å². The van der Waals surface area contributed by atoms with E-state index in [4.69, 9.17) is 16.3 Å². The Morgan fingerprint density at radius 1 is 1.40 bits per heavy atom. The maximum atomic E-state index is 11.1. The summed E-state index contributed by atoms with van der Waals surface area (Å²) >= 11 is 9.34. The smallest absolute Gasteiger partial charge is 0.223 e. The quantitative estimate of drug-likeness (QED) is 0.776. The molecule has 2 aromatic heterocycles. The van der Waals surface area contributed by atoms with E-state index in [9.17, 15) is 4.79 Å². The Hall–Kier alpha value is -1.40. The van der Waals surface area contributed by atoms with Crippen molar-refractivity contribution in [3.63, 3.8) is 0 Å². The van der Waals surface area contributed by atoms with Gasteiger partial charge in [0.05, 0.1) is 18.5 Å². The normalized spacial score (nSPS) is 15.2. The Morgan fingerprint density at radius 2 is 2.15 bits per heavy atom. The van der Waals surface area contributed by atoms with Gasteiger partial charge in [0.1, 0.15) is 11.3 Å². The van der Waals surface area contributed by atoms with Gasteiger partial charge in [0, 0.05) is 29.2 Å². The van der Waals surface area contributed by atoms with E-state index in [0.29, 0.717) is 24.1 Å². The number of pyridine rings is 2. The monoisotopic (exact) mass is 355 g/mol. The molecule has 1 aliphatic heterocycles. The van der Waals surface area contributed by atoms with E-state index < -0.39 is 0 Å². The molecular formula is C13H11BrClN3O2. The molecule has 1 fully saturated rings. The maximum absolute atomic E-state index is 11.1. The number of nitrogens with zero attached hydrogens (tertiary/aromatic N) is 3. The van der Waals surface area contributed by atoms with Crippen LogP contribution in [0.2, 0.25) is 5.15 Å². The van der Waals surface area contributed by atoms with Gasteiger partial charge in [-0.05, 0) is 22.0 Å². The van der Waals surface area contributed by atoms with Crippen molar-refractivity contribution in [2.45, 2.75) is 13.0 Å². The predicted molar refractivity (Wildman–Crippen MR) is 78.9 cm³/mol. The molecule has 0 aliphatic carbocycles. The number of hydrogen-bond donors (Lipinski definition) is 0. The minimum Gasteiger partial charge on any atom is -0.470 e. The summed E-state index contributed by atoms with van der Waals surface area (Å²) in [5, 5.41) is 2.12. The highest BCUT2D eigenvalue weighted by molar-refractivity contribution is 9.10. The lowest BCUT2D eigenvalue weighted by Crippen LogP contribution is -2.55. The fourth-order valence-corrected chi connectivity index (χ4v) is 2.66. The maximum Gasteiger partial charge on any atom is 0.223 e. The molecular weight excluding hydrogens is 346 g/mol. The van der Waals surface area contributed by atoms with Gasteiger partial charge in [-0.3, -0.25) is 4.79 Å². The molecule has 0 unspecified atom stereocenters. The van der Waals surface area contributed by atoms with Crippen molar-refractivity contribution >= 4 is 44.2 Å². The third kappa shape index (κ3) is 2.45. The summed E-state index contributed by atoms with van der Waals surface area (Å²) in [6.45, 7) is 2.74. The van der Waals surface area contributed by atoms with Gasteiger partial charge in [-0.2, -0.15) is 0 Å². The van der Waals surface area contributed by atoms with E-state index >= 15 is 0 Å². The van der Waals surface area contributed by atoms with E-state index in [1.54, 1.807) is 30.3 Å². The molecule has 7 heteroatoms. The average Bonchev–Trinajstić information content (AvgIpc) is 2.35. The van der Waals surface area contributed by atoms with Gasteiger partial charge in [-0.15, -0.1) is 0 Å². The molecule has 0 N–H and O–H groups in total. The highest BCUT2D eigenvalue weighted by Gasteiger charge is 2.31. The van der Waals surface area contributed by atoms with Gasteiger partial charge < -0.3 is 9.64 Å². The lowest BCUT2D eigenvalue weighted by molar-refractivity contribution is -0.137. The molecule has 1 aliphatic rings. The van der Waals surface area contributed by atoms with Crippen LogP contribution in [0.25, 0.3) is 10.8 Å². The fourth-order valence-electron chi connectivity index (χ4n) is 2.07. The van der Waals surface area contributed by atoms with E-state index in [0.717, 1.165) is 15.2 Å². The topological polar surface area (TPSA) is 55.3 Å². The van der Waals surface area contributed by atoms with Crippen molar-refractivity contribution in [3.05, 3.63) is 28.1 Å². The minimum absolute atomic E-state index is 0.0218. The molecule has 0 bridgehead atoms. The fraction of sp³-hybridized carbons (Fsp3) is 0.308. The number of carbonyl (C=O) groups excluding carboxylic acids is 1. The summed E-state index contributed by atoms with van der Waals surface area (Å²) in [7, 11) is 0. The van der Waals surface area contributed by atoms with Crippen molar-refractivity contribution in [1.29, 1.82) is 0 Å². The summed E-state index contributed by atoms with van der Waals surface area (Å²) < 4.78 is 6.67. The van der Waals surface area contributed by atoms with Crippen molar-refractivity contribution in [2.75, 3.05) is 13.1 Å². The van der Waals surface area contributed by atoms with Crippen LogP contribution in [0.5, 0.6) is 5.88 Å². The second-order valence-electron chi connectivity index (χ2n) is 4.63. The van der Waals surface area contributed by atoms with Crippen LogP contribution in [-0.2, 0) is 4.79 Å². The minimum atomic E-state index is -0.0218. The Labute approximate surface area is 129 Å². The molecule has 3 rings (SSSR count). The molecule has 0 saturated carbocycles. The molecule has 0 atom stereocenters. The third-order valence-electron chi connectivity index (χ3n) is 3.23. The second-order valence-corrected chi connectivity index (χ2v) is 5.87. The molecule has 104 valence electrons. The van der Waals surface area contributed by atoms with Gasteiger partial charge in [0.15, 0.2) is 0 Å². The number of ether oxygens (including phenoxy) is 1. The zero-order valence-corrected chi connectivity index (χ0v) is 13.0. The molecule has 0 aromatic carbocycles. The largest absolute Gasteiger partial charge is 0.470 e. The van der Waals surface area contributed by atoms with Gasteiger partial charge in [0.25, 0.3) is 0 Å². The van der Waals surface area contributed by atoms with Gasteiger partial charge in [-0.25, -0.2) is 9.97 Å². The van der Waals surface area contributed by atoms with Crippen molar-refractivity contribution in [1.82, 2.24) is 14.9 Å². The zero-order valence-electron chi connectivity index (χ0n) is 10.6. The molecule has 1 amide bonds. The number of amides is 1. The summed E-state index contributed by atoms with van der Waals surface area (Å²) in [5.41, 5.74) is 0. The number of carbonyl (C=O) groups is 1. The van der Waals surface area contributed by atoms with Gasteiger partial charge >= 0.3 is 0 Å². The molecule has 1 saturated heterocycles. The summed E-state index contributed by atoms with van der Waals surface area (Å²) in [6, 6.07) is 1.76. The van der Waals surface area contributed by atoms with Gasteiger partial charge in [0.2, 0.25) is 11.8 Å². The van der Waals surface area contributed by atoms with E-state index in [2.05, 4.69) is 25.9 Å². The second kappa shape index (κ2) is 5.18. The molecule has 2 aromatic rings. The first kappa shape index (κ1) is 13.6. The Balaban J connectivity index is 1.86. The van der Waals surface area contributed by atoms with E-state index in [1.807, 2.05) is 0 Å². The molecule has 0 radical (unpaired) electrons.